The minimum absolute atomic E-state index is 0.167. The number of carbonyl (C=O) groups excluding carboxylic acids is 2. The van der Waals surface area contributed by atoms with Crippen LogP contribution in [0.3, 0.4) is 0 Å². The first-order valence-corrected chi connectivity index (χ1v) is 6.91. The van der Waals surface area contributed by atoms with Gasteiger partial charge in [0.25, 0.3) is 0 Å². The average molecular weight is 288 g/mol. The largest absolute Gasteiger partial charge is 0.465 e. The van der Waals surface area contributed by atoms with E-state index in [9.17, 15) is 9.59 Å². The molecule has 0 saturated carbocycles. The van der Waals surface area contributed by atoms with Crippen LogP contribution in [0, 0.1) is 5.41 Å². The fraction of sp³-hybridized carbons (Fsp3) is 0.375. The highest BCUT2D eigenvalue weighted by Gasteiger charge is 2.63. The van der Waals surface area contributed by atoms with Crippen molar-refractivity contribution in [2.24, 2.45) is 5.41 Å². The summed E-state index contributed by atoms with van der Waals surface area (Å²) in [5.41, 5.74) is -0.117. The van der Waals surface area contributed by atoms with Gasteiger partial charge in [-0.25, -0.2) is 0 Å². The van der Waals surface area contributed by atoms with E-state index >= 15 is 0 Å². The molecule has 1 aromatic carbocycles. The summed E-state index contributed by atoms with van der Waals surface area (Å²) in [7, 11) is 0. The van der Waals surface area contributed by atoms with E-state index in [1.165, 1.54) is 0 Å². The third-order valence-electron chi connectivity index (χ3n) is 3.87. The van der Waals surface area contributed by atoms with Gasteiger partial charge in [-0.1, -0.05) is 30.3 Å². The Morgan fingerprint density at radius 1 is 1.38 bits per heavy atom. The summed E-state index contributed by atoms with van der Waals surface area (Å²) in [4.78, 5) is 25.0. The van der Waals surface area contributed by atoms with Crippen molar-refractivity contribution in [1.29, 1.82) is 0 Å². The minimum atomic E-state index is -1.50. The number of benzene rings is 1. The van der Waals surface area contributed by atoms with E-state index in [2.05, 4.69) is 0 Å². The summed E-state index contributed by atoms with van der Waals surface area (Å²) in [6, 6.07) is 9.21. The first-order chi connectivity index (χ1) is 10.2. The Hall–Kier alpha value is -2.14. The maximum absolute atomic E-state index is 12.6. The zero-order valence-electron chi connectivity index (χ0n) is 11.7. The Balaban J connectivity index is 2.12. The predicted octanol–water partition coefficient (Wildman–Crippen LogP) is 1.79. The van der Waals surface area contributed by atoms with E-state index in [0.29, 0.717) is 5.57 Å². The van der Waals surface area contributed by atoms with Crippen LogP contribution in [-0.4, -0.2) is 31.8 Å². The number of esters is 2. The fourth-order valence-corrected chi connectivity index (χ4v) is 2.91. The van der Waals surface area contributed by atoms with Crippen LogP contribution >= 0.6 is 0 Å². The summed E-state index contributed by atoms with van der Waals surface area (Å²) in [5, 5.41) is 0. The molecule has 0 aromatic heterocycles. The Morgan fingerprint density at radius 2 is 2.14 bits per heavy atom. The third kappa shape index (κ3) is 1.96. The van der Waals surface area contributed by atoms with Crippen LogP contribution in [0.15, 0.2) is 42.0 Å². The molecule has 1 saturated heterocycles. The molecular formula is C16H16O5. The molecule has 0 radical (unpaired) electrons. The van der Waals surface area contributed by atoms with Gasteiger partial charge in [0.2, 0.25) is 5.41 Å². The van der Waals surface area contributed by atoms with Crippen LogP contribution in [0.1, 0.15) is 18.6 Å². The highest BCUT2D eigenvalue weighted by Crippen LogP contribution is 2.51. The van der Waals surface area contributed by atoms with Crippen molar-refractivity contribution < 1.29 is 23.8 Å². The Kier molecular flexibility index (Phi) is 3.51. The monoisotopic (exact) mass is 288 g/mol. The van der Waals surface area contributed by atoms with Gasteiger partial charge in [0.05, 0.1) is 13.2 Å². The first-order valence-electron chi connectivity index (χ1n) is 6.91. The number of cyclic esters (lactones) is 1. The molecule has 5 nitrogen and oxygen atoms in total. The molecule has 0 bridgehead atoms. The van der Waals surface area contributed by atoms with E-state index in [-0.39, 0.29) is 19.8 Å². The summed E-state index contributed by atoms with van der Waals surface area (Å²) >= 11 is 0. The van der Waals surface area contributed by atoms with Gasteiger partial charge in [0.15, 0.2) is 0 Å². The van der Waals surface area contributed by atoms with Gasteiger partial charge in [0, 0.05) is 0 Å². The molecule has 1 fully saturated rings. The highest BCUT2D eigenvalue weighted by atomic mass is 16.6. The van der Waals surface area contributed by atoms with E-state index in [4.69, 9.17) is 14.2 Å². The molecule has 5 heteroatoms. The summed E-state index contributed by atoms with van der Waals surface area (Å²) in [6.07, 6.45) is 1.03. The molecule has 0 spiro atoms. The quantitative estimate of drug-likeness (QED) is 0.482. The van der Waals surface area contributed by atoms with Crippen LogP contribution in [0.5, 0.6) is 0 Å². The minimum Gasteiger partial charge on any atom is -0.465 e. The van der Waals surface area contributed by atoms with Crippen LogP contribution in [0.25, 0.3) is 0 Å². The highest BCUT2D eigenvalue weighted by molar-refractivity contribution is 6.05. The molecule has 2 heterocycles. The standard InChI is InChI=1S/C16H16O5/c1-2-19-14(17)16-12(8-9-20-15(16)18)10-21-13(16)11-6-4-3-5-7-11/h3-8,13H,2,9-10H2,1H3. The number of carbonyl (C=O) groups is 2. The first kappa shape index (κ1) is 13.8. The smallest absolute Gasteiger partial charge is 0.331 e. The molecule has 3 rings (SSSR count). The lowest BCUT2D eigenvalue weighted by Crippen LogP contribution is -2.47. The molecule has 2 aliphatic heterocycles. The van der Waals surface area contributed by atoms with E-state index in [0.717, 1.165) is 5.56 Å². The zero-order valence-corrected chi connectivity index (χ0v) is 11.7. The van der Waals surface area contributed by atoms with Crippen molar-refractivity contribution in [2.45, 2.75) is 13.0 Å². The SMILES string of the molecule is CCOC(=O)C12C(=O)OCC=C1COC2c1ccccc1. The fourth-order valence-electron chi connectivity index (χ4n) is 2.91. The maximum Gasteiger partial charge on any atom is 0.331 e. The zero-order chi connectivity index (χ0) is 14.9. The Bertz CT molecular complexity index is 592. The molecular weight excluding hydrogens is 272 g/mol. The van der Waals surface area contributed by atoms with Crippen molar-refractivity contribution in [3.8, 4) is 0 Å². The topological polar surface area (TPSA) is 61.8 Å². The van der Waals surface area contributed by atoms with E-state index in [1.807, 2.05) is 30.3 Å². The lowest BCUT2D eigenvalue weighted by Gasteiger charge is -2.32. The second-order valence-electron chi connectivity index (χ2n) is 4.96. The molecule has 2 unspecified atom stereocenters. The molecule has 2 atom stereocenters. The Morgan fingerprint density at radius 3 is 2.86 bits per heavy atom. The normalized spacial score (nSPS) is 27.6. The lowest BCUT2D eigenvalue weighted by atomic mass is 9.73. The van der Waals surface area contributed by atoms with Gasteiger partial charge in [-0.15, -0.1) is 0 Å². The van der Waals surface area contributed by atoms with Crippen molar-refractivity contribution in [2.75, 3.05) is 19.8 Å². The number of hydrogen-bond acceptors (Lipinski definition) is 5. The van der Waals surface area contributed by atoms with Crippen LogP contribution in [0.4, 0.5) is 0 Å². The second-order valence-corrected chi connectivity index (χ2v) is 4.96. The number of hydrogen-bond donors (Lipinski definition) is 0. The molecule has 21 heavy (non-hydrogen) atoms. The van der Waals surface area contributed by atoms with Gasteiger partial charge >= 0.3 is 11.9 Å². The van der Waals surface area contributed by atoms with Crippen molar-refractivity contribution in [1.82, 2.24) is 0 Å². The van der Waals surface area contributed by atoms with Crippen LogP contribution < -0.4 is 0 Å². The molecule has 0 N–H and O–H groups in total. The molecule has 0 aliphatic carbocycles. The van der Waals surface area contributed by atoms with Gasteiger partial charge < -0.3 is 14.2 Å². The number of ether oxygens (including phenoxy) is 3. The molecule has 1 aromatic rings. The maximum atomic E-state index is 12.6. The van der Waals surface area contributed by atoms with Crippen LogP contribution in [0.2, 0.25) is 0 Å². The third-order valence-corrected chi connectivity index (χ3v) is 3.87. The molecule has 2 aliphatic rings. The van der Waals surface area contributed by atoms with E-state index in [1.54, 1.807) is 13.0 Å². The summed E-state index contributed by atoms with van der Waals surface area (Å²) < 4.78 is 16.0. The molecule has 110 valence electrons. The van der Waals surface area contributed by atoms with Gasteiger partial charge in [0.1, 0.15) is 12.7 Å². The average Bonchev–Trinajstić information content (AvgIpc) is 2.90. The lowest BCUT2D eigenvalue weighted by molar-refractivity contribution is -0.174. The predicted molar refractivity (Wildman–Crippen MR) is 73.2 cm³/mol. The number of rotatable bonds is 3. The van der Waals surface area contributed by atoms with Gasteiger partial charge in [-0.2, -0.15) is 0 Å². The van der Waals surface area contributed by atoms with Gasteiger partial charge in [-0.05, 0) is 24.1 Å². The van der Waals surface area contributed by atoms with Crippen molar-refractivity contribution >= 4 is 11.9 Å². The van der Waals surface area contributed by atoms with Crippen molar-refractivity contribution in [3.63, 3.8) is 0 Å². The summed E-state index contributed by atoms with van der Waals surface area (Å²) in [6.45, 7) is 2.30. The second kappa shape index (κ2) is 5.33. The summed E-state index contributed by atoms with van der Waals surface area (Å²) in [5.74, 6) is -1.20. The van der Waals surface area contributed by atoms with Crippen molar-refractivity contribution in [3.05, 3.63) is 47.5 Å². The Labute approximate surface area is 122 Å². The molecule has 0 amide bonds. The van der Waals surface area contributed by atoms with E-state index < -0.39 is 23.5 Å². The van der Waals surface area contributed by atoms with Gasteiger partial charge in [-0.3, -0.25) is 9.59 Å². The number of fused-ring (bicyclic) bond motifs is 1. The van der Waals surface area contributed by atoms with Crippen LogP contribution in [-0.2, 0) is 23.8 Å².